The molecule has 0 amide bonds. The lowest BCUT2D eigenvalue weighted by Gasteiger charge is -2.39. The molecule has 0 spiro atoms. The quantitative estimate of drug-likeness (QED) is 0.890. The maximum absolute atomic E-state index is 5.43. The van der Waals surface area contributed by atoms with Crippen molar-refractivity contribution in [1.82, 2.24) is 10.2 Å². The second-order valence-corrected chi connectivity index (χ2v) is 7.77. The van der Waals surface area contributed by atoms with E-state index < -0.39 is 0 Å². The van der Waals surface area contributed by atoms with Gasteiger partial charge in [0, 0.05) is 31.4 Å². The number of benzene rings is 1. The van der Waals surface area contributed by atoms with Gasteiger partial charge in [0.15, 0.2) is 0 Å². The third-order valence-corrected chi connectivity index (χ3v) is 6.04. The molecule has 4 aliphatic rings. The van der Waals surface area contributed by atoms with Gasteiger partial charge in [-0.05, 0) is 68.3 Å². The molecule has 24 heavy (non-hydrogen) atoms. The first-order valence-corrected chi connectivity index (χ1v) is 9.73. The summed E-state index contributed by atoms with van der Waals surface area (Å²) in [5, 5.41) is 7.46. The van der Waals surface area contributed by atoms with E-state index in [9.17, 15) is 0 Å². The van der Waals surface area contributed by atoms with Gasteiger partial charge >= 0.3 is 0 Å². The molecule has 1 aromatic carbocycles. The summed E-state index contributed by atoms with van der Waals surface area (Å²) in [6.07, 6.45) is 5.46. The highest BCUT2D eigenvalue weighted by atomic mass is 16.5. The zero-order chi connectivity index (χ0) is 16.2. The number of nitrogens with zero attached hydrogens (tertiary/aromatic N) is 1. The third-order valence-electron chi connectivity index (χ3n) is 6.04. The molecule has 3 aliphatic heterocycles. The monoisotopic (exact) mass is 329 g/mol. The Morgan fingerprint density at radius 3 is 2.75 bits per heavy atom. The van der Waals surface area contributed by atoms with Crippen molar-refractivity contribution in [2.45, 2.75) is 38.3 Å². The van der Waals surface area contributed by atoms with E-state index >= 15 is 0 Å². The average molecular weight is 329 g/mol. The molecule has 2 N–H and O–H groups in total. The van der Waals surface area contributed by atoms with Crippen molar-refractivity contribution in [3.8, 4) is 0 Å². The molecular weight excluding hydrogens is 298 g/mol. The van der Waals surface area contributed by atoms with Crippen molar-refractivity contribution in [2.75, 3.05) is 44.7 Å². The minimum atomic E-state index is 0.663. The van der Waals surface area contributed by atoms with Crippen molar-refractivity contribution in [3.05, 3.63) is 29.8 Å². The predicted molar refractivity (Wildman–Crippen MR) is 98.3 cm³/mol. The van der Waals surface area contributed by atoms with E-state index in [1.165, 1.54) is 50.0 Å². The minimum Gasteiger partial charge on any atom is -0.382 e. The second kappa shape index (κ2) is 7.85. The van der Waals surface area contributed by atoms with E-state index in [1.54, 1.807) is 0 Å². The van der Waals surface area contributed by atoms with E-state index in [0.29, 0.717) is 6.04 Å². The number of rotatable bonds is 4. The number of fused-ring (bicyclic) bond motifs is 5. The number of anilines is 1. The molecule has 2 unspecified atom stereocenters. The molecule has 3 atom stereocenters. The summed E-state index contributed by atoms with van der Waals surface area (Å²) >= 11 is 0. The Bertz CT molecular complexity index is 508. The van der Waals surface area contributed by atoms with Crippen LogP contribution in [-0.4, -0.2) is 50.3 Å². The number of ether oxygens (including phenoxy) is 1. The fraction of sp³-hybridized carbons (Fsp3) is 0.700. The molecule has 1 aromatic rings. The van der Waals surface area contributed by atoms with Crippen LogP contribution in [0.4, 0.5) is 5.69 Å². The van der Waals surface area contributed by atoms with Crippen LogP contribution in [0.1, 0.15) is 31.2 Å². The lowest BCUT2D eigenvalue weighted by atomic mass is 9.75. The molecular formula is C20H31N3O. The average Bonchev–Trinajstić information content (AvgIpc) is 2.59. The maximum Gasteiger partial charge on any atom is 0.0594 e. The molecule has 5 rings (SSSR count). The fourth-order valence-electron chi connectivity index (χ4n) is 4.56. The molecule has 1 saturated carbocycles. The zero-order valence-corrected chi connectivity index (χ0v) is 14.7. The van der Waals surface area contributed by atoms with Crippen LogP contribution in [-0.2, 0) is 11.3 Å². The van der Waals surface area contributed by atoms with Crippen LogP contribution >= 0.6 is 0 Å². The first-order valence-electron chi connectivity index (χ1n) is 9.73. The van der Waals surface area contributed by atoms with Gasteiger partial charge in [-0.25, -0.2) is 0 Å². The maximum atomic E-state index is 5.43. The van der Waals surface area contributed by atoms with Crippen molar-refractivity contribution >= 4 is 5.69 Å². The predicted octanol–water partition coefficient (Wildman–Crippen LogP) is 2.71. The highest BCUT2D eigenvalue weighted by Gasteiger charge is 2.31. The van der Waals surface area contributed by atoms with Crippen LogP contribution in [0, 0.1) is 11.8 Å². The lowest BCUT2D eigenvalue weighted by molar-refractivity contribution is 0.0342. The Morgan fingerprint density at radius 2 is 1.92 bits per heavy atom. The van der Waals surface area contributed by atoms with E-state index in [4.69, 9.17) is 4.74 Å². The Hall–Kier alpha value is -1.10. The minimum absolute atomic E-state index is 0.663. The molecule has 132 valence electrons. The molecule has 1 aliphatic carbocycles. The van der Waals surface area contributed by atoms with Crippen LogP contribution in [0.5, 0.6) is 0 Å². The van der Waals surface area contributed by atoms with Crippen molar-refractivity contribution in [3.63, 3.8) is 0 Å². The van der Waals surface area contributed by atoms with Crippen LogP contribution in [0.25, 0.3) is 0 Å². The van der Waals surface area contributed by atoms with Crippen LogP contribution in [0.3, 0.4) is 0 Å². The SMILES string of the molecule is c1cc(NC2C[C@@H]3CCC2CCNC3)ccc1CN1CCOCC1. The topological polar surface area (TPSA) is 36.5 Å². The van der Waals surface area contributed by atoms with Gasteiger partial charge in [0.2, 0.25) is 0 Å². The van der Waals surface area contributed by atoms with Gasteiger partial charge in [0.05, 0.1) is 13.2 Å². The number of hydrogen-bond donors (Lipinski definition) is 2. The van der Waals surface area contributed by atoms with Crippen LogP contribution < -0.4 is 10.6 Å². The van der Waals surface area contributed by atoms with Gasteiger partial charge < -0.3 is 15.4 Å². The van der Waals surface area contributed by atoms with E-state index in [0.717, 1.165) is 44.7 Å². The van der Waals surface area contributed by atoms with Crippen LogP contribution in [0.2, 0.25) is 0 Å². The summed E-state index contributed by atoms with van der Waals surface area (Å²) in [7, 11) is 0. The van der Waals surface area contributed by atoms with Gasteiger partial charge in [-0.1, -0.05) is 12.1 Å². The van der Waals surface area contributed by atoms with E-state index in [2.05, 4.69) is 39.8 Å². The molecule has 3 heterocycles. The number of hydrogen-bond acceptors (Lipinski definition) is 4. The van der Waals surface area contributed by atoms with Gasteiger partial charge in [-0.15, -0.1) is 0 Å². The summed E-state index contributed by atoms with van der Waals surface area (Å²) in [5.41, 5.74) is 2.70. The number of morpholine rings is 1. The molecule has 2 bridgehead atoms. The highest BCUT2D eigenvalue weighted by molar-refractivity contribution is 5.45. The van der Waals surface area contributed by atoms with Gasteiger partial charge in [-0.3, -0.25) is 4.90 Å². The van der Waals surface area contributed by atoms with Crippen molar-refractivity contribution in [1.29, 1.82) is 0 Å². The summed E-state index contributed by atoms with van der Waals surface area (Å²) in [6.45, 7) is 7.31. The summed E-state index contributed by atoms with van der Waals surface area (Å²) < 4.78 is 5.43. The number of nitrogens with one attached hydrogen (secondary N) is 2. The van der Waals surface area contributed by atoms with E-state index in [-0.39, 0.29) is 0 Å². The Morgan fingerprint density at radius 1 is 1.08 bits per heavy atom. The summed E-state index contributed by atoms with van der Waals surface area (Å²) in [4.78, 5) is 2.48. The Kier molecular flexibility index (Phi) is 5.36. The smallest absolute Gasteiger partial charge is 0.0594 e. The highest BCUT2D eigenvalue weighted by Crippen LogP contribution is 2.34. The molecule has 3 saturated heterocycles. The molecule has 4 fully saturated rings. The van der Waals surface area contributed by atoms with Crippen molar-refractivity contribution in [2.24, 2.45) is 11.8 Å². The standard InChI is InChI=1S/C20H31N3O/c1-4-18-7-8-21-14-17(1)13-20(18)22-19-5-2-16(3-6-19)15-23-9-11-24-12-10-23/h2-3,5-6,17-18,20-22H,1,4,7-15H2/t17-,18?,20?/m0/s1. The largest absolute Gasteiger partial charge is 0.382 e. The molecule has 0 radical (unpaired) electrons. The van der Waals surface area contributed by atoms with Gasteiger partial charge in [0.25, 0.3) is 0 Å². The van der Waals surface area contributed by atoms with Crippen molar-refractivity contribution < 1.29 is 4.74 Å². The first-order chi connectivity index (χ1) is 11.9. The molecule has 4 nitrogen and oxygen atoms in total. The fourth-order valence-corrected chi connectivity index (χ4v) is 4.56. The third kappa shape index (κ3) is 4.11. The first kappa shape index (κ1) is 16.4. The van der Waals surface area contributed by atoms with E-state index in [1.807, 2.05) is 0 Å². The zero-order valence-electron chi connectivity index (χ0n) is 14.7. The molecule has 4 heteroatoms. The van der Waals surface area contributed by atoms with Crippen LogP contribution in [0.15, 0.2) is 24.3 Å². The normalized spacial score (nSPS) is 31.4. The Balaban J connectivity index is 1.34. The molecule has 0 aromatic heterocycles. The summed E-state index contributed by atoms with van der Waals surface area (Å²) in [6, 6.07) is 9.80. The lowest BCUT2D eigenvalue weighted by Crippen LogP contribution is -2.43. The Labute approximate surface area is 145 Å². The van der Waals surface area contributed by atoms with Gasteiger partial charge in [-0.2, -0.15) is 0 Å². The summed E-state index contributed by atoms with van der Waals surface area (Å²) in [5.74, 6) is 1.70. The second-order valence-electron chi connectivity index (χ2n) is 7.77. The van der Waals surface area contributed by atoms with Gasteiger partial charge in [0.1, 0.15) is 0 Å².